The molecule has 57 heavy (non-hydrogen) atoms. The first-order valence-corrected chi connectivity index (χ1v) is 19.9. The third-order valence-corrected chi connectivity index (χ3v) is 12.3. The second-order valence-corrected chi connectivity index (χ2v) is 15.5. The van der Waals surface area contributed by atoms with Crippen molar-refractivity contribution in [3.63, 3.8) is 0 Å². The van der Waals surface area contributed by atoms with Gasteiger partial charge in [0.2, 0.25) is 0 Å². The van der Waals surface area contributed by atoms with Gasteiger partial charge in [-0.2, -0.15) is 0 Å². The number of para-hydroxylation sites is 2. The molecule has 4 aromatic heterocycles. The van der Waals surface area contributed by atoms with Gasteiger partial charge in [-0.25, -0.2) is 15.0 Å². The number of benzene rings is 8. The van der Waals surface area contributed by atoms with Gasteiger partial charge in [-0.3, -0.25) is 0 Å². The van der Waals surface area contributed by atoms with Gasteiger partial charge >= 0.3 is 0 Å². The molecule has 0 bridgehead atoms. The summed E-state index contributed by atoms with van der Waals surface area (Å²) in [5.74, 6) is 1.94. The number of rotatable bonds is 5. The van der Waals surface area contributed by atoms with Gasteiger partial charge in [0.1, 0.15) is 0 Å². The van der Waals surface area contributed by atoms with Crippen molar-refractivity contribution in [2.24, 2.45) is 0 Å². The van der Waals surface area contributed by atoms with Crippen LogP contribution in [0.4, 0.5) is 0 Å². The molecule has 8 aromatic carbocycles. The van der Waals surface area contributed by atoms with E-state index >= 15 is 0 Å². The Labute approximate surface area is 331 Å². The number of aromatic nitrogens is 5. The van der Waals surface area contributed by atoms with Crippen molar-refractivity contribution in [1.29, 1.82) is 0 Å². The van der Waals surface area contributed by atoms with Crippen LogP contribution in [0.2, 0.25) is 0 Å². The Balaban J connectivity index is 1.05. The summed E-state index contributed by atoms with van der Waals surface area (Å²) in [6.07, 6.45) is 0. The Morgan fingerprint density at radius 3 is 1.35 bits per heavy atom. The molecule has 0 saturated carbocycles. The molecular formula is C51H31N5S. The average molecular weight is 746 g/mol. The Bertz CT molecular complexity index is 3450. The maximum Gasteiger partial charge on any atom is 0.164 e. The molecule has 266 valence electrons. The predicted molar refractivity (Wildman–Crippen MR) is 238 cm³/mol. The zero-order valence-electron chi connectivity index (χ0n) is 30.5. The van der Waals surface area contributed by atoms with E-state index < -0.39 is 0 Å². The van der Waals surface area contributed by atoms with Crippen molar-refractivity contribution in [2.75, 3.05) is 0 Å². The molecule has 0 fully saturated rings. The molecular weight excluding hydrogens is 715 g/mol. The lowest BCUT2D eigenvalue weighted by Crippen LogP contribution is -2.00. The lowest BCUT2D eigenvalue weighted by molar-refractivity contribution is 1.07. The van der Waals surface area contributed by atoms with Crippen molar-refractivity contribution < 1.29 is 0 Å². The Hall–Kier alpha value is -7.41. The van der Waals surface area contributed by atoms with E-state index in [4.69, 9.17) is 15.0 Å². The van der Waals surface area contributed by atoms with Crippen molar-refractivity contribution >= 4 is 75.1 Å². The van der Waals surface area contributed by atoms with E-state index in [-0.39, 0.29) is 0 Å². The Morgan fingerprint density at radius 2 is 0.754 bits per heavy atom. The zero-order valence-corrected chi connectivity index (χ0v) is 31.4. The summed E-state index contributed by atoms with van der Waals surface area (Å²) < 4.78 is 7.45. The molecule has 0 radical (unpaired) electrons. The molecule has 0 aliphatic rings. The standard InChI is InChI=1S/C51H31N5S/c1-3-13-32(14-4-1)49-52-50(33-15-5-2-6-16-33)54-51(53-49)34-23-25-35(26-24-34)55-43-20-10-7-17-37(43)40-30-41-38-18-8-11-21-44(38)56(46(41)31-45(40)55)36-27-28-48-42(29-36)39-19-9-12-22-47(39)57-48/h1-31H. The van der Waals surface area contributed by atoms with E-state index in [0.29, 0.717) is 17.5 Å². The first-order chi connectivity index (χ1) is 28.2. The summed E-state index contributed by atoms with van der Waals surface area (Å²) in [6, 6.07) is 66.8. The minimum absolute atomic E-state index is 0.637. The first-order valence-electron chi connectivity index (χ1n) is 19.1. The molecule has 4 heterocycles. The number of fused-ring (bicyclic) bond motifs is 9. The summed E-state index contributed by atoms with van der Waals surface area (Å²) in [4.78, 5) is 14.9. The fourth-order valence-electron chi connectivity index (χ4n) is 8.54. The molecule has 0 aliphatic heterocycles. The topological polar surface area (TPSA) is 48.5 Å². The van der Waals surface area contributed by atoms with Crippen LogP contribution in [0, 0.1) is 0 Å². The van der Waals surface area contributed by atoms with E-state index in [9.17, 15) is 0 Å². The van der Waals surface area contributed by atoms with Gasteiger partial charge in [0.25, 0.3) is 0 Å². The fraction of sp³-hybridized carbons (Fsp3) is 0. The van der Waals surface area contributed by atoms with Gasteiger partial charge in [-0.05, 0) is 72.8 Å². The van der Waals surface area contributed by atoms with Crippen molar-refractivity contribution in [3.8, 4) is 45.5 Å². The van der Waals surface area contributed by atoms with Crippen LogP contribution >= 0.6 is 11.3 Å². The van der Waals surface area contributed by atoms with Crippen molar-refractivity contribution in [3.05, 3.63) is 188 Å². The fourth-order valence-corrected chi connectivity index (χ4v) is 9.62. The molecule has 0 amide bonds. The Morgan fingerprint density at radius 1 is 0.298 bits per heavy atom. The van der Waals surface area contributed by atoms with E-state index in [1.54, 1.807) is 0 Å². The van der Waals surface area contributed by atoms with Gasteiger partial charge in [0.15, 0.2) is 17.5 Å². The second-order valence-electron chi connectivity index (χ2n) is 14.5. The molecule has 12 rings (SSSR count). The minimum Gasteiger partial charge on any atom is -0.309 e. The van der Waals surface area contributed by atoms with Crippen LogP contribution in [0.1, 0.15) is 0 Å². The van der Waals surface area contributed by atoms with Crippen LogP contribution in [-0.2, 0) is 0 Å². The summed E-state index contributed by atoms with van der Waals surface area (Å²) >= 11 is 1.85. The molecule has 6 heteroatoms. The lowest BCUT2D eigenvalue weighted by atomic mass is 10.1. The average Bonchev–Trinajstić information content (AvgIpc) is 3.93. The second kappa shape index (κ2) is 12.6. The van der Waals surface area contributed by atoms with Gasteiger partial charge in [-0.15, -0.1) is 11.3 Å². The summed E-state index contributed by atoms with van der Waals surface area (Å²) in [5.41, 5.74) is 9.74. The van der Waals surface area contributed by atoms with Crippen molar-refractivity contribution in [1.82, 2.24) is 24.1 Å². The molecule has 5 nitrogen and oxygen atoms in total. The van der Waals surface area contributed by atoms with E-state index in [0.717, 1.165) is 39.1 Å². The zero-order chi connectivity index (χ0) is 37.5. The highest BCUT2D eigenvalue weighted by atomic mass is 32.1. The van der Waals surface area contributed by atoms with Crippen LogP contribution < -0.4 is 0 Å². The third-order valence-electron chi connectivity index (χ3n) is 11.2. The maximum absolute atomic E-state index is 4.99. The van der Waals surface area contributed by atoms with E-state index in [2.05, 4.69) is 137 Å². The Kier molecular flexibility index (Phi) is 7.03. The minimum atomic E-state index is 0.637. The highest BCUT2D eigenvalue weighted by Gasteiger charge is 2.20. The van der Waals surface area contributed by atoms with Crippen LogP contribution in [0.5, 0.6) is 0 Å². The largest absolute Gasteiger partial charge is 0.309 e. The van der Waals surface area contributed by atoms with Crippen LogP contribution in [0.15, 0.2) is 188 Å². The summed E-state index contributed by atoms with van der Waals surface area (Å²) in [7, 11) is 0. The molecule has 0 saturated heterocycles. The molecule has 0 aliphatic carbocycles. The summed E-state index contributed by atoms with van der Waals surface area (Å²) in [6.45, 7) is 0. The SMILES string of the molecule is c1ccc(-c2nc(-c3ccccc3)nc(-c3ccc(-n4c5ccccc5c5cc6c7ccccc7n(-c7ccc8sc9ccccc9c8c7)c6cc54)cc3)n2)cc1. The molecule has 0 N–H and O–H groups in total. The van der Waals surface area contributed by atoms with Crippen LogP contribution in [0.3, 0.4) is 0 Å². The highest BCUT2D eigenvalue weighted by Crippen LogP contribution is 2.41. The molecule has 0 unspecified atom stereocenters. The smallest absolute Gasteiger partial charge is 0.164 e. The normalized spacial score (nSPS) is 11.9. The van der Waals surface area contributed by atoms with E-state index in [1.165, 1.54) is 52.8 Å². The number of hydrogen-bond acceptors (Lipinski definition) is 4. The number of thiophene rings is 1. The molecule has 0 spiro atoms. The molecule has 0 atom stereocenters. The third kappa shape index (κ3) is 5.04. The van der Waals surface area contributed by atoms with E-state index in [1.807, 2.05) is 72.0 Å². The monoisotopic (exact) mass is 745 g/mol. The lowest BCUT2D eigenvalue weighted by Gasteiger charge is -2.12. The van der Waals surface area contributed by atoms with Gasteiger partial charge in [-0.1, -0.05) is 115 Å². The van der Waals surface area contributed by atoms with Crippen LogP contribution in [0.25, 0.3) is 109 Å². The van der Waals surface area contributed by atoms with Crippen LogP contribution in [-0.4, -0.2) is 24.1 Å². The van der Waals surface area contributed by atoms with Gasteiger partial charge in [0.05, 0.1) is 22.1 Å². The quantitative estimate of drug-likeness (QED) is 0.176. The van der Waals surface area contributed by atoms with Gasteiger partial charge < -0.3 is 9.13 Å². The maximum atomic E-state index is 4.99. The number of nitrogens with zero attached hydrogens (tertiary/aromatic N) is 5. The van der Waals surface area contributed by atoms with Gasteiger partial charge in [0, 0.05) is 69.8 Å². The predicted octanol–water partition coefficient (Wildman–Crippen LogP) is 13.4. The van der Waals surface area contributed by atoms with Crippen molar-refractivity contribution in [2.45, 2.75) is 0 Å². The number of hydrogen-bond donors (Lipinski definition) is 0. The molecule has 12 aromatic rings. The first kappa shape index (κ1) is 31.9. The highest BCUT2D eigenvalue weighted by molar-refractivity contribution is 7.25. The summed E-state index contributed by atoms with van der Waals surface area (Å²) in [5, 5.41) is 7.52.